The molecule has 0 aliphatic heterocycles. The van der Waals surface area contributed by atoms with E-state index in [-0.39, 0.29) is 0 Å². The van der Waals surface area contributed by atoms with Crippen LogP contribution in [-0.4, -0.2) is 22.5 Å². The maximum Gasteiger partial charge on any atom is 0.221 e. The lowest BCUT2D eigenvalue weighted by molar-refractivity contribution is 0.363. The van der Waals surface area contributed by atoms with Gasteiger partial charge in [0.1, 0.15) is 12.4 Å². The second kappa shape index (κ2) is 7.49. The highest BCUT2D eigenvalue weighted by atomic mass is 16.5. The number of benzene rings is 2. The molecule has 1 heterocycles. The van der Waals surface area contributed by atoms with Crippen molar-refractivity contribution < 1.29 is 4.74 Å². The van der Waals surface area contributed by atoms with Crippen LogP contribution < -0.4 is 10.5 Å². The van der Waals surface area contributed by atoms with Gasteiger partial charge in [-0.15, -0.1) is 0 Å². The Bertz CT molecular complexity index is 877. The summed E-state index contributed by atoms with van der Waals surface area (Å²) in [5.74, 6) is 1.14. The van der Waals surface area contributed by atoms with E-state index >= 15 is 0 Å². The van der Waals surface area contributed by atoms with Gasteiger partial charge in [0.2, 0.25) is 5.95 Å². The number of imidazole rings is 1. The van der Waals surface area contributed by atoms with Gasteiger partial charge in [0.05, 0.1) is 18.1 Å². The predicted molar refractivity (Wildman–Crippen MR) is 102 cm³/mol. The molecule has 5 heteroatoms. The van der Waals surface area contributed by atoms with Crippen LogP contribution in [0.1, 0.15) is 11.1 Å². The molecule has 3 rings (SSSR count). The molecule has 5 nitrogen and oxygen atoms in total. The van der Waals surface area contributed by atoms with Gasteiger partial charge >= 0.3 is 0 Å². The van der Waals surface area contributed by atoms with E-state index < -0.39 is 0 Å². The van der Waals surface area contributed by atoms with Crippen molar-refractivity contribution >= 4 is 12.2 Å². The van der Waals surface area contributed by atoms with E-state index in [1.807, 2.05) is 36.4 Å². The molecule has 0 aliphatic carbocycles. The van der Waals surface area contributed by atoms with E-state index in [1.54, 1.807) is 23.2 Å². The first kappa shape index (κ1) is 16.5. The van der Waals surface area contributed by atoms with Crippen molar-refractivity contribution in [2.45, 2.75) is 6.92 Å². The molecule has 0 saturated heterocycles. The summed E-state index contributed by atoms with van der Waals surface area (Å²) in [5.41, 5.74) is 9.96. The SMILES string of the molecule is C=CCOc1ccc(C=Nn2c(-c3ccc(C)cc3)cnc2N)cc1. The minimum absolute atomic E-state index is 0.345. The Morgan fingerprint density at radius 1 is 1.16 bits per heavy atom. The lowest BCUT2D eigenvalue weighted by atomic mass is 10.1. The summed E-state index contributed by atoms with van der Waals surface area (Å²) in [7, 11) is 0. The van der Waals surface area contributed by atoms with Crippen LogP contribution in [-0.2, 0) is 0 Å². The molecule has 0 unspecified atom stereocenters. The molecule has 2 N–H and O–H groups in total. The second-order valence-electron chi connectivity index (χ2n) is 5.59. The van der Waals surface area contributed by atoms with Gasteiger partial charge in [-0.1, -0.05) is 42.5 Å². The van der Waals surface area contributed by atoms with Crippen molar-refractivity contribution in [2.24, 2.45) is 5.10 Å². The van der Waals surface area contributed by atoms with E-state index in [0.29, 0.717) is 12.6 Å². The zero-order valence-electron chi connectivity index (χ0n) is 14.1. The first-order valence-corrected chi connectivity index (χ1v) is 7.96. The molecule has 0 radical (unpaired) electrons. The van der Waals surface area contributed by atoms with Crippen LogP contribution in [0.25, 0.3) is 11.3 Å². The third-order valence-electron chi connectivity index (χ3n) is 3.68. The molecule has 0 amide bonds. The van der Waals surface area contributed by atoms with Crippen molar-refractivity contribution in [2.75, 3.05) is 12.3 Å². The Kier molecular flexibility index (Phi) is 4.95. The lowest BCUT2D eigenvalue weighted by Gasteiger charge is -2.05. The molecule has 1 aromatic heterocycles. The minimum Gasteiger partial charge on any atom is -0.490 e. The number of hydrogen-bond acceptors (Lipinski definition) is 4. The molecule has 0 atom stereocenters. The highest BCUT2D eigenvalue weighted by molar-refractivity contribution is 5.80. The van der Waals surface area contributed by atoms with E-state index in [2.05, 4.69) is 35.7 Å². The van der Waals surface area contributed by atoms with Crippen LogP contribution in [0, 0.1) is 6.92 Å². The molecular formula is C20H20N4O. The fourth-order valence-corrected chi connectivity index (χ4v) is 2.33. The molecule has 25 heavy (non-hydrogen) atoms. The molecule has 3 aromatic rings. The van der Waals surface area contributed by atoms with Crippen LogP contribution in [0.4, 0.5) is 5.95 Å². The smallest absolute Gasteiger partial charge is 0.221 e. The largest absolute Gasteiger partial charge is 0.490 e. The van der Waals surface area contributed by atoms with Gasteiger partial charge in [-0.2, -0.15) is 9.78 Å². The molecule has 2 aromatic carbocycles. The van der Waals surface area contributed by atoms with Gasteiger partial charge in [0.15, 0.2) is 0 Å². The van der Waals surface area contributed by atoms with Gasteiger partial charge < -0.3 is 10.5 Å². The van der Waals surface area contributed by atoms with Crippen molar-refractivity contribution in [1.82, 2.24) is 9.66 Å². The second-order valence-corrected chi connectivity index (χ2v) is 5.59. The predicted octanol–water partition coefficient (Wildman–Crippen LogP) is 3.89. The lowest BCUT2D eigenvalue weighted by Crippen LogP contribution is -2.00. The maximum absolute atomic E-state index is 5.96. The maximum atomic E-state index is 5.96. The summed E-state index contributed by atoms with van der Waals surface area (Å²) in [4.78, 5) is 4.17. The number of nitrogens with zero attached hydrogens (tertiary/aromatic N) is 3. The number of rotatable bonds is 6. The number of hydrogen-bond donors (Lipinski definition) is 1. The van der Waals surface area contributed by atoms with Gasteiger partial charge in [-0.25, -0.2) is 4.98 Å². The molecule has 0 aliphatic rings. The summed E-state index contributed by atoms with van der Waals surface area (Å²) in [6, 6.07) is 15.8. The van der Waals surface area contributed by atoms with Crippen LogP contribution in [0.15, 0.2) is 72.5 Å². The summed E-state index contributed by atoms with van der Waals surface area (Å²) in [6.45, 7) is 6.17. The van der Waals surface area contributed by atoms with E-state index in [9.17, 15) is 0 Å². The van der Waals surface area contributed by atoms with Gasteiger partial charge in [0.25, 0.3) is 0 Å². The average molecular weight is 332 g/mol. The van der Waals surface area contributed by atoms with E-state index in [0.717, 1.165) is 22.6 Å². The zero-order valence-corrected chi connectivity index (χ0v) is 14.1. The first-order chi connectivity index (χ1) is 12.2. The number of nitrogen functional groups attached to an aromatic ring is 1. The normalized spacial score (nSPS) is 10.9. The van der Waals surface area contributed by atoms with Gasteiger partial charge in [-0.3, -0.25) is 0 Å². The number of aromatic nitrogens is 2. The third kappa shape index (κ3) is 3.95. The summed E-state index contributed by atoms with van der Waals surface area (Å²) in [6.07, 6.45) is 5.18. The average Bonchev–Trinajstić information content (AvgIpc) is 3.00. The quantitative estimate of drug-likeness (QED) is 0.550. The molecule has 0 saturated carbocycles. The van der Waals surface area contributed by atoms with Crippen LogP contribution in [0.2, 0.25) is 0 Å². The fraction of sp³-hybridized carbons (Fsp3) is 0.100. The van der Waals surface area contributed by atoms with Crippen molar-refractivity contribution in [1.29, 1.82) is 0 Å². The fourth-order valence-electron chi connectivity index (χ4n) is 2.33. The van der Waals surface area contributed by atoms with Crippen LogP contribution >= 0.6 is 0 Å². The molecule has 0 spiro atoms. The highest BCUT2D eigenvalue weighted by Crippen LogP contribution is 2.22. The Morgan fingerprint density at radius 2 is 1.88 bits per heavy atom. The monoisotopic (exact) mass is 332 g/mol. The van der Waals surface area contributed by atoms with E-state index in [1.165, 1.54) is 5.56 Å². The van der Waals surface area contributed by atoms with Gasteiger partial charge in [-0.05, 0) is 36.8 Å². The Hall–Kier alpha value is -3.34. The number of anilines is 1. The first-order valence-electron chi connectivity index (χ1n) is 7.96. The Balaban J connectivity index is 1.83. The third-order valence-corrected chi connectivity index (χ3v) is 3.68. The molecule has 0 bridgehead atoms. The van der Waals surface area contributed by atoms with E-state index in [4.69, 9.17) is 10.5 Å². The highest BCUT2D eigenvalue weighted by Gasteiger charge is 2.08. The van der Waals surface area contributed by atoms with Crippen molar-refractivity contribution in [3.05, 3.63) is 78.5 Å². The standard InChI is InChI=1S/C20H20N4O/c1-3-12-25-18-10-6-16(7-11-18)13-23-24-19(14-22-20(24)21)17-8-4-15(2)5-9-17/h3-11,13-14H,1,12H2,2H3,(H2,21,22). The Morgan fingerprint density at radius 3 is 2.56 bits per heavy atom. The molecular weight excluding hydrogens is 312 g/mol. The Labute approximate surface area is 147 Å². The topological polar surface area (TPSA) is 65.4 Å². The number of nitrogens with two attached hydrogens (primary N) is 1. The van der Waals surface area contributed by atoms with Crippen molar-refractivity contribution in [3.8, 4) is 17.0 Å². The molecule has 126 valence electrons. The summed E-state index contributed by atoms with van der Waals surface area (Å²) in [5, 5.41) is 4.47. The summed E-state index contributed by atoms with van der Waals surface area (Å²) >= 11 is 0. The number of aryl methyl sites for hydroxylation is 1. The number of ether oxygens (including phenoxy) is 1. The zero-order chi connectivity index (χ0) is 17.6. The van der Waals surface area contributed by atoms with Crippen LogP contribution in [0.5, 0.6) is 5.75 Å². The van der Waals surface area contributed by atoms with Crippen LogP contribution in [0.3, 0.4) is 0 Å². The summed E-state index contributed by atoms with van der Waals surface area (Å²) < 4.78 is 7.10. The minimum atomic E-state index is 0.345. The van der Waals surface area contributed by atoms with Gasteiger partial charge in [0, 0.05) is 5.56 Å². The van der Waals surface area contributed by atoms with Crippen molar-refractivity contribution in [3.63, 3.8) is 0 Å². The molecule has 0 fully saturated rings.